The molecule has 7 heteroatoms. The van der Waals surface area contributed by atoms with E-state index in [0.29, 0.717) is 18.3 Å². The van der Waals surface area contributed by atoms with Crippen LogP contribution in [0.2, 0.25) is 0 Å². The first-order valence-electron chi connectivity index (χ1n) is 12.3. The van der Waals surface area contributed by atoms with Gasteiger partial charge in [-0.15, -0.1) is 0 Å². The molecule has 0 bridgehead atoms. The molecule has 182 valence electrons. The lowest BCUT2D eigenvalue weighted by Gasteiger charge is -2.15. The Hall–Kier alpha value is -3.61. The largest absolute Gasteiger partial charge is 0.465 e. The second-order valence-corrected chi connectivity index (χ2v) is 9.56. The van der Waals surface area contributed by atoms with Crippen LogP contribution in [0.5, 0.6) is 0 Å². The highest BCUT2D eigenvalue weighted by molar-refractivity contribution is 5.90. The van der Waals surface area contributed by atoms with Crippen LogP contribution in [0.15, 0.2) is 54.7 Å². The first-order valence-corrected chi connectivity index (χ1v) is 12.3. The van der Waals surface area contributed by atoms with Gasteiger partial charge >= 0.3 is 12.1 Å². The minimum absolute atomic E-state index is 0.0792. The molecule has 1 unspecified atom stereocenters. The molecule has 1 N–H and O–H groups in total. The Balaban J connectivity index is 1.30. The van der Waals surface area contributed by atoms with Crippen molar-refractivity contribution in [3.05, 3.63) is 60.3 Å². The van der Waals surface area contributed by atoms with Crippen LogP contribution in [-0.2, 0) is 26.7 Å². The summed E-state index contributed by atoms with van der Waals surface area (Å²) in [6.45, 7) is 4.18. The minimum atomic E-state index is -0.459. The summed E-state index contributed by atoms with van der Waals surface area (Å²) in [4.78, 5) is 24.8. The number of nitrogens with zero attached hydrogens (tertiary/aromatic N) is 2. The maximum atomic E-state index is 12.4. The molecule has 0 saturated heterocycles. The summed E-state index contributed by atoms with van der Waals surface area (Å²) in [5.41, 5.74) is 4.48. The van der Waals surface area contributed by atoms with Crippen LogP contribution < -0.4 is 5.32 Å². The van der Waals surface area contributed by atoms with Gasteiger partial charge in [-0.2, -0.15) is 5.10 Å². The van der Waals surface area contributed by atoms with Gasteiger partial charge in [0.25, 0.3) is 0 Å². The van der Waals surface area contributed by atoms with Gasteiger partial charge in [0.2, 0.25) is 0 Å². The Morgan fingerprint density at radius 1 is 1.06 bits per heavy atom. The quantitative estimate of drug-likeness (QED) is 0.425. The predicted molar refractivity (Wildman–Crippen MR) is 134 cm³/mol. The van der Waals surface area contributed by atoms with Crippen LogP contribution in [0.4, 0.5) is 10.6 Å². The first kappa shape index (κ1) is 23.1. The second kappa shape index (κ2) is 9.21. The summed E-state index contributed by atoms with van der Waals surface area (Å²) in [7, 11) is 1.79. The number of rotatable bonds is 8. The van der Waals surface area contributed by atoms with Crippen molar-refractivity contribution >= 4 is 17.9 Å². The molecular formula is C28H31N3O4. The second-order valence-electron chi connectivity index (χ2n) is 9.56. The Morgan fingerprint density at radius 2 is 1.66 bits per heavy atom. The van der Waals surface area contributed by atoms with Crippen LogP contribution in [0, 0.1) is 5.92 Å². The number of ether oxygens (including phenoxy) is 2. The molecule has 2 aliphatic carbocycles. The van der Waals surface area contributed by atoms with Crippen molar-refractivity contribution in [1.82, 2.24) is 9.78 Å². The van der Waals surface area contributed by atoms with Crippen LogP contribution >= 0.6 is 0 Å². The average Bonchev–Trinajstić information content (AvgIpc) is 3.78. The molecule has 1 atom stereocenters. The van der Waals surface area contributed by atoms with Gasteiger partial charge in [0.05, 0.1) is 18.2 Å². The minimum Gasteiger partial charge on any atom is -0.465 e. The van der Waals surface area contributed by atoms with Gasteiger partial charge in [0, 0.05) is 12.6 Å². The number of benzene rings is 2. The van der Waals surface area contributed by atoms with Gasteiger partial charge in [-0.3, -0.25) is 14.8 Å². The number of hydrogen-bond donors (Lipinski definition) is 1. The molecule has 1 amide bonds. The van der Waals surface area contributed by atoms with Gasteiger partial charge in [-0.25, -0.2) is 4.79 Å². The van der Waals surface area contributed by atoms with E-state index >= 15 is 0 Å². The van der Waals surface area contributed by atoms with E-state index in [1.54, 1.807) is 17.9 Å². The molecule has 0 radical (unpaired) electrons. The third-order valence-electron chi connectivity index (χ3n) is 7.12. The molecule has 1 heterocycles. The van der Waals surface area contributed by atoms with Crippen molar-refractivity contribution in [2.45, 2.75) is 51.0 Å². The molecule has 35 heavy (non-hydrogen) atoms. The number of carbonyl (C=O) groups is 2. The number of hydrogen-bond acceptors (Lipinski definition) is 5. The summed E-state index contributed by atoms with van der Waals surface area (Å²) < 4.78 is 12.4. The van der Waals surface area contributed by atoms with E-state index in [1.807, 2.05) is 50.2 Å². The van der Waals surface area contributed by atoms with E-state index in [0.717, 1.165) is 53.5 Å². The first-order chi connectivity index (χ1) is 16.9. The number of esters is 1. The fourth-order valence-electron chi connectivity index (χ4n) is 4.58. The number of amides is 1. The molecule has 1 aromatic heterocycles. The molecule has 3 aromatic rings. The number of anilines is 1. The monoisotopic (exact) mass is 473 g/mol. The summed E-state index contributed by atoms with van der Waals surface area (Å²) in [6, 6.07) is 16.3. The lowest BCUT2D eigenvalue weighted by Crippen LogP contribution is -2.23. The zero-order valence-electron chi connectivity index (χ0n) is 20.4. The molecule has 0 aliphatic heterocycles. The number of aromatic nitrogens is 2. The Kier molecular flexibility index (Phi) is 6.09. The Labute approximate surface area is 205 Å². The van der Waals surface area contributed by atoms with E-state index in [9.17, 15) is 9.59 Å². The standard InChI is InChI=1S/C28H31N3O4/c1-4-34-26(32)28(15-16-28)23-13-11-21(12-14-23)20-7-9-22(10-8-20)24-17-29-31(3)25(24)30-27(33)35-18(2)19-5-6-19/h7-14,17-19H,4-6,15-16H2,1-3H3,(H,30,33). The molecule has 0 spiro atoms. The zero-order chi connectivity index (χ0) is 24.6. The summed E-state index contributed by atoms with van der Waals surface area (Å²) in [5, 5.41) is 7.19. The van der Waals surface area contributed by atoms with Gasteiger partial charge in [-0.1, -0.05) is 48.5 Å². The maximum absolute atomic E-state index is 12.4. The molecule has 2 aliphatic rings. The van der Waals surface area contributed by atoms with Crippen molar-refractivity contribution in [1.29, 1.82) is 0 Å². The molecule has 2 aromatic carbocycles. The lowest BCUT2D eigenvalue weighted by atomic mass is 9.93. The van der Waals surface area contributed by atoms with Crippen molar-refractivity contribution in [3.8, 4) is 22.3 Å². The van der Waals surface area contributed by atoms with Crippen LogP contribution in [-0.4, -0.2) is 34.6 Å². The zero-order valence-corrected chi connectivity index (χ0v) is 20.4. The Morgan fingerprint density at radius 3 is 2.23 bits per heavy atom. The Bertz CT molecular complexity index is 1220. The summed E-state index contributed by atoms with van der Waals surface area (Å²) >= 11 is 0. The van der Waals surface area contributed by atoms with Crippen LogP contribution in [0.25, 0.3) is 22.3 Å². The average molecular weight is 474 g/mol. The highest BCUT2D eigenvalue weighted by Gasteiger charge is 2.52. The maximum Gasteiger partial charge on any atom is 0.413 e. The molecule has 5 rings (SSSR count). The summed E-state index contributed by atoms with van der Waals surface area (Å²) in [5.74, 6) is 0.959. The lowest BCUT2D eigenvalue weighted by molar-refractivity contribution is -0.146. The normalized spacial score (nSPS) is 16.9. The highest BCUT2D eigenvalue weighted by atomic mass is 16.6. The molecule has 2 saturated carbocycles. The van der Waals surface area contributed by atoms with Crippen LogP contribution in [0.1, 0.15) is 45.1 Å². The number of aryl methyl sites for hydroxylation is 1. The SMILES string of the molecule is CCOC(=O)C1(c2ccc(-c3ccc(-c4cnn(C)c4NC(=O)OC(C)C4CC4)cc3)cc2)CC1. The van der Waals surface area contributed by atoms with Gasteiger partial charge in [-0.05, 0) is 67.7 Å². The number of nitrogens with one attached hydrogen (secondary N) is 1. The molecule has 7 nitrogen and oxygen atoms in total. The van der Waals surface area contributed by atoms with E-state index < -0.39 is 11.5 Å². The van der Waals surface area contributed by atoms with E-state index in [-0.39, 0.29) is 12.1 Å². The third-order valence-corrected chi connectivity index (χ3v) is 7.12. The van der Waals surface area contributed by atoms with Crippen molar-refractivity contribution in [3.63, 3.8) is 0 Å². The third kappa shape index (κ3) is 4.67. The molecule has 2 fully saturated rings. The highest BCUT2D eigenvalue weighted by Crippen LogP contribution is 2.49. The van der Waals surface area contributed by atoms with E-state index in [1.165, 1.54) is 0 Å². The fraction of sp³-hybridized carbons (Fsp3) is 0.393. The van der Waals surface area contributed by atoms with Gasteiger partial charge in [0.15, 0.2) is 0 Å². The van der Waals surface area contributed by atoms with Crippen molar-refractivity contribution in [2.24, 2.45) is 13.0 Å². The molecular weight excluding hydrogens is 442 g/mol. The topological polar surface area (TPSA) is 82.5 Å². The van der Waals surface area contributed by atoms with Crippen LogP contribution in [0.3, 0.4) is 0 Å². The smallest absolute Gasteiger partial charge is 0.413 e. The van der Waals surface area contributed by atoms with Gasteiger partial charge in [0.1, 0.15) is 11.9 Å². The van der Waals surface area contributed by atoms with E-state index in [4.69, 9.17) is 9.47 Å². The van der Waals surface area contributed by atoms with Crippen molar-refractivity contribution in [2.75, 3.05) is 11.9 Å². The number of carbonyl (C=O) groups excluding carboxylic acids is 2. The van der Waals surface area contributed by atoms with Gasteiger partial charge < -0.3 is 9.47 Å². The van der Waals surface area contributed by atoms with E-state index in [2.05, 4.69) is 22.5 Å². The predicted octanol–water partition coefficient (Wildman–Crippen LogP) is 5.70. The van der Waals surface area contributed by atoms with Crippen molar-refractivity contribution < 1.29 is 19.1 Å². The summed E-state index contributed by atoms with van der Waals surface area (Å²) in [6.07, 6.45) is 5.13. The fourth-order valence-corrected chi connectivity index (χ4v) is 4.58.